The zero-order valence-electron chi connectivity index (χ0n) is 47.9. The van der Waals surface area contributed by atoms with Gasteiger partial charge in [0, 0.05) is 36.9 Å². The van der Waals surface area contributed by atoms with Crippen molar-refractivity contribution >= 4 is 53.2 Å². The summed E-state index contributed by atoms with van der Waals surface area (Å²) < 4.78 is 12.3. The number of rotatable bonds is 8. The number of hydrogen-bond donors (Lipinski definition) is 6. The van der Waals surface area contributed by atoms with Crippen LogP contribution in [0.4, 0.5) is 0 Å². The summed E-state index contributed by atoms with van der Waals surface area (Å²) in [6.07, 6.45) is -1.60. The Bertz CT molecular complexity index is 2260. The van der Waals surface area contributed by atoms with Gasteiger partial charge in [0.2, 0.25) is 23.5 Å². The normalized spacial score (nSPS) is 31.9. The molecular weight excluding hydrogens is 1000 g/mol. The second-order valence-electron chi connectivity index (χ2n) is 25.3. The SMILES string of the molecule is CCC1OC(O)(C(C)(O)C(=O)NC2C(=O)N3C(CCCN3C(=O)C(C)(C)C)C(=O)N(O)CC(=O)N3C(CCCN3C(=O)C(C)(C)C)C(=O)N3CCC(C)(O)C3C(=O)N(O)C(C(C)C)C(=O)OC2C(C)C)CCC1CC(C)C. The molecule has 0 aliphatic carbocycles. The van der Waals surface area contributed by atoms with Gasteiger partial charge in [-0.3, -0.25) is 58.8 Å². The Morgan fingerprint density at radius 3 is 1.75 bits per heavy atom. The Labute approximate surface area is 452 Å². The van der Waals surface area contributed by atoms with Crippen molar-refractivity contribution in [3.8, 4) is 0 Å². The van der Waals surface area contributed by atoms with Gasteiger partial charge in [0.1, 0.15) is 36.8 Å². The standard InChI is InChI=1S/C53H88N8O16/c1-16-35-32(27-29(2)3)21-22-53(73,77-35)52(15,72)46(68)54-37-39(31(6)7)76-45(67)38(30(4)5)61(75)44(66)40-51(14,71)23-26-55(40)41(63)33-19-17-24-56(47(69)49(8,9)10)59(33)36(62)28-58(74)42(64)34-20-18-25-57(60(34)43(37)65)48(70)50(11,12)13/h29-35,37-40,71-75H,16-28H2,1-15H3,(H,54,68). The van der Waals surface area contributed by atoms with Crippen LogP contribution in [0.3, 0.4) is 0 Å². The van der Waals surface area contributed by atoms with E-state index in [-0.39, 0.29) is 80.1 Å². The van der Waals surface area contributed by atoms with Crippen molar-refractivity contribution in [2.45, 2.75) is 221 Å². The Kier molecular flexibility index (Phi) is 19.1. The van der Waals surface area contributed by atoms with Crippen LogP contribution in [0.2, 0.25) is 0 Å². The number of ether oxygens (including phenoxy) is 2. The largest absolute Gasteiger partial charge is 0.458 e. The van der Waals surface area contributed by atoms with Crippen LogP contribution in [0, 0.1) is 34.5 Å². The average Bonchev–Trinajstić information content (AvgIpc) is 3.66. The van der Waals surface area contributed by atoms with Crippen molar-refractivity contribution in [3.63, 3.8) is 0 Å². The number of cyclic esters (lactones) is 1. The molecule has 0 radical (unpaired) electrons. The minimum absolute atomic E-state index is 0.00277. The van der Waals surface area contributed by atoms with E-state index in [1.807, 2.05) is 20.8 Å². The van der Waals surface area contributed by atoms with E-state index in [1.165, 1.54) is 34.6 Å². The number of nitrogens with one attached hydrogen (secondary N) is 1. The number of esters is 1. The lowest BCUT2D eigenvalue weighted by Gasteiger charge is -2.49. The molecule has 8 amide bonds. The number of hydroxylamine groups is 4. The number of hydrazine groups is 2. The first kappa shape index (κ1) is 62.8. The number of carbonyl (C=O) groups is 9. The van der Waals surface area contributed by atoms with Crippen LogP contribution in [-0.4, -0.2) is 200 Å². The van der Waals surface area contributed by atoms with E-state index in [0.29, 0.717) is 17.9 Å². The smallest absolute Gasteiger partial charge is 0.332 e. The lowest BCUT2D eigenvalue weighted by atomic mass is 9.78. The molecule has 24 nitrogen and oxygen atoms in total. The third-order valence-electron chi connectivity index (χ3n) is 15.7. The second kappa shape index (κ2) is 23.4. The maximum Gasteiger partial charge on any atom is 0.332 e. The van der Waals surface area contributed by atoms with Gasteiger partial charge in [-0.15, -0.1) is 0 Å². The van der Waals surface area contributed by atoms with Gasteiger partial charge in [-0.1, -0.05) is 90.0 Å². The first-order chi connectivity index (χ1) is 35.4. The van der Waals surface area contributed by atoms with E-state index in [1.54, 1.807) is 41.5 Å². The van der Waals surface area contributed by atoms with Crippen LogP contribution in [0.15, 0.2) is 0 Å². The number of fused-ring (bicyclic) bond motifs is 3. The van der Waals surface area contributed by atoms with Crippen LogP contribution in [-0.2, 0) is 52.6 Å². The van der Waals surface area contributed by atoms with E-state index < -0.39 is 142 Å². The molecule has 24 heteroatoms. The number of nitrogens with zero attached hydrogens (tertiary/aromatic N) is 7. The molecule has 6 N–H and O–H groups in total. The minimum atomic E-state index is -2.86. The molecular formula is C53H88N8O16. The quantitative estimate of drug-likeness (QED) is 0.150. The highest BCUT2D eigenvalue weighted by molar-refractivity contribution is 5.99. The summed E-state index contributed by atoms with van der Waals surface area (Å²) in [5.74, 6) is -14.5. The van der Waals surface area contributed by atoms with E-state index >= 15 is 4.79 Å². The lowest BCUT2D eigenvalue weighted by molar-refractivity contribution is -0.329. The van der Waals surface area contributed by atoms with Gasteiger partial charge in [-0.25, -0.2) is 24.9 Å². The first-order valence-electron chi connectivity index (χ1n) is 27.3. The van der Waals surface area contributed by atoms with E-state index in [0.717, 1.165) is 33.3 Å². The summed E-state index contributed by atoms with van der Waals surface area (Å²) in [5.41, 5.74) is -7.34. The fraction of sp³-hybridized carbons (Fsp3) is 0.830. The summed E-state index contributed by atoms with van der Waals surface area (Å²) in [5, 5.41) is 66.1. The number of carbonyl (C=O) groups excluding carboxylic acids is 9. The molecule has 5 aliphatic rings. The predicted molar refractivity (Wildman–Crippen MR) is 273 cm³/mol. The van der Waals surface area contributed by atoms with Gasteiger partial charge in [0.15, 0.2) is 11.6 Å². The Morgan fingerprint density at radius 1 is 0.727 bits per heavy atom. The highest BCUT2D eigenvalue weighted by atomic mass is 16.7. The molecule has 5 saturated heterocycles. The van der Waals surface area contributed by atoms with Crippen molar-refractivity contribution < 1.29 is 78.4 Å². The number of hydrogen-bond acceptors (Lipinski definition) is 16. The Balaban J connectivity index is 1.76. The van der Waals surface area contributed by atoms with E-state index in [4.69, 9.17) is 9.47 Å². The van der Waals surface area contributed by atoms with Crippen molar-refractivity contribution in [3.05, 3.63) is 0 Å². The maximum absolute atomic E-state index is 15.9. The summed E-state index contributed by atoms with van der Waals surface area (Å²) >= 11 is 0. The van der Waals surface area contributed by atoms with Crippen molar-refractivity contribution in [1.29, 1.82) is 0 Å². The highest BCUT2D eigenvalue weighted by Gasteiger charge is 2.60. The van der Waals surface area contributed by atoms with Gasteiger partial charge < -0.3 is 35.0 Å². The summed E-state index contributed by atoms with van der Waals surface area (Å²) in [6, 6.07) is -9.47. The molecule has 436 valence electrons. The van der Waals surface area contributed by atoms with Gasteiger partial charge in [0.05, 0.1) is 11.7 Å². The van der Waals surface area contributed by atoms with E-state index in [9.17, 15) is 64.1 Å². The summed E-state index contributed by atoms with van der Waals surface area (Å²) in [4.78, 5) is 135. The topological polar surface area (TPSA) is 308 Å². The molecule has 5 fully saturated rings. The Hall–Kier alpha value is -5.01. The lowest BCUT2D eigenvalue weighted by Crippen LogP contribution is -2.71. The van der Waals surface area contributed by atoms with Crippen LogP contribution >= 0.6 is 0 Å². The highest BCUT2D eigenvalue weighted by Crippen LogP contribution is 2.42. The maximum atomic E-state index is 15.9. The molecule has 11 unspecified atom stereocenters. The van der Waals surface area contributed by atoms with Crippen molar-refractivity contribution in [1.82, 2.24) is 40.4 Å². The molecule has 0 aromatic carbocycles. The molecule has 5 rings (SSSR count). The minimum Gasteiger partial charge on any atom is -0.458 e. The van der Waals surface area contributed by atoms with Crippen LogP contribution in [0.5, 0.6) is 0 Å². The van der Waals surface area contributed by atoms with Crippen LogP contribution in [0.1, 0.15) is 162 Å². The fourth-order valence-electron chi connectivity index (χ4n) is 11.3. The molecule has 0 aromatic rings. The third kappa shape index (κ3) is 12.7. The summed E-state index contributed by atoms with van der Waals surface area (Å²) in [6.45, 7) is 21.5. The monoisotopic (exact) mass is 1090 g/mol. The van der Waals surface area contributed by atoms with E-state index in [2.05, 4.69) is 5.32 Å². The zero-order valence-corrected chi connectivity index (χ0v) is 47.9. The second-order valence-corrected chi connectivity index (χ2v) is 25.3. The zero-order chi connectivity index (χ0) is 58.4. The van der Waals surface area contributed by atoms with Crippen LogP contribution in [0.25, 0.3) is 0 Å². The third-order valence-corrected chi connectivity index (χ3v) is 15.7. The molecule has 77 heavy (non-hydrogen) atoms. The molecule has 11 atom stereocenters. The van der Waals surface area contributed by atoms with Gasteiger partial charge in [0.25, 0.3) is 29.5 Å². The molecule has 0 spiro atoms. The van der Waals surface area contributed by atoms with Gasteiger partial charge >= 0.3 is 5.97 Å². The van der Waals surface area contributed by atoms with Crippen molar-refractivity contribution in [2.24, 2.45) is 34.5 Å². The number of amides is 8. The molecule has 0 bridgehead atoms. The molecule has 0 saturated carbocycles. The average molecular weight is 1090 g/mol. The van der Waals surface area contributed by atoms with Gasteiger partial charge in [-0.2, -0.15) is 0 Å². The van der Waals surface area contributed by atoms with Crippen LogP contribution < -0.4 is 5.32 Å². The molecule has 5 heterocycles. The molecule has 5 aliphatic heterocycles. The fourth-order valence-corrected chi connectivity index (χ4v) is 11.3. The molecule has 0 aromatic heterocycles. The number of aliphatic hydroxyl groups is 3. The predicted octanol–water partition coefficient (Wildman–Crippen LogP) is 2.12. The van der Waals surface area contributed by atoms with Gasteiger partial charge in [-0.05, 0) is 88.9 Å². The van der Waals surface area contributed by atoms with Crippen molar-refractivity contribution in [2.75, 3.05) is 26.2 Å². The Morgan fingerprint density at radius 2 is 1.26 bits per heavy atom. The first-order valence-corrected chi connectivity index (χ1v) is 27.3. The summed E-state index contributed by atoms with van der Waals surface area (Å²) in [7, 11) is 0.